The predicted octanol–water partition coefficient (Wildman–Crippen LogP) is 8.25. The molecule has 0 saturated heterocycles. The van der Waals surface area contributed by atoms with Crippen molar-refractivity contribution >= 4 is 0 Å². The maximum atomic E-state index is 2.49. The summed E-state index contributed by atoms with van der Waals surface area (Å²) in [6.45, 7) is 4.89. The average Bonchev–Trinajstić information content (AvgIpc) is 3.26. The highest BCUT2D eigenvalue weighted by Gasteiger charge is 2.45. The topological polar surface area (TPSA) is 0 Å². The van der Waals surface area contributed by atoms with Crippen LogP contribution in [0.3, 0.4) is 0 Å². The Labute approximate surface area is 164 Å². The first-order valence-corrected chi connectivity index (χ1v) is 12.8. The van der Waals surface area contributed by atoms with Crippen LogP contribution in [0.4, 0.5) is 0 Å². The molecular formula is C26H46. The molecule has 0 heterocycles. The highest BCUT2D eigenvalue weighted by molar-refractivity contribution is 4.95. The minimum absolute atomic E-state index is 1.07. The molecule has 0 aromatic carbocycles. The fourth-order valence-electron chi connectivity index (χ4n) is 8.72. The molecule has 7 unspecified atom stereocenters. The first-order valence-electron chi connectivity index (χ1n) is 12.8. The van der Waals surface area contributed by atoms with E-state index >= 15 is 0 Å². The van der Waals surface area contributed by atoms with E-state index in [1.54, 1.807) is 83.5 Å². The van der Waals surface area contributed by atoms with Crippen LogP contribution in [0.5, 0.6) is 0 Å². The molecule has 8 atom stereocenters. The third kappa shape index (κ3) is 3.91. The van der Waals surface area contributed by atoms with Gasteiger partial charge in [0.2, 0.25) is 0 Å². The van der Waals surface area contributed by atoms with Gasteiger partial charge in [0.1, 0.15) is 0 Å². The molecule has 26 heavy (non-hydrogen) atoms. The first kappa shape index (κ1) is 19.3. The Hall–Kier alpha value is 0. The number of hydrogen-bond acceptors (Lipinski definition) is 0. The molecule has 0 heteroatoms. The van der Waals surface area contributed by atoms with Crippen LogP contribution < -0.4 is 0 Å². The van der Waals surface area contributed by atoms with Crippen molar-refractivity contribution in [3.05, 3.63) is 0 Å². The quantitative estimate of drug-likeness (QED) is 0.448. The van der Waals surface area contributed by atoms with Gasteiger partial charge in [-0.15, -0.1) is 0 Å². The fraction of sp³-hybridized carbons (Fsp3) is 1.00. The molecule has 0 nitrogen and oxygen atoms in total. The summed E-state index contributed by atoms with van der Waals surface area (Å²) >= 11 is 0. The highest BCUT2D eigenvalue weighted by atomic mass is 14.5. The molecule has 4 fully saturated rings. The normalized spacial score (nSPS) is 46.4. The van der Waals surface area contributed by atoms with Gasteiger partial charge in [0.15, 0.2) is 0 Å². The van der Waals surface area contributed by atoms with Crippen molar-refractivity contribution in [2.24, 2.45) is 47.3 Å². The number of hydrogen-bond donors (Lipinski definition) is 0. The molecule has 0 bridgehead atoms. The Balaban J connectivity index is 1.41. The van der Waals surface area contributed by atoms with Crippen LogP contribution in [0.1, 0.15) is 117 Å². The predicted molar refractivity (Wildman–Crippen MR) is 113 cm³/mol. The molecule has 0 N–H and O–H groups in total. The van der Waals surface area contributed by atoms with Crippen molar-refractivity contribution in [1.82, 2.24) is 0 Å². The average molecular weight is 359 g/mol. The van der Waals surface area contributed by atoms with Crippen LogP contribution in [0.2, 0.25) is 0 Å². The fourth-order valence-corrected chi connectivity index (χ4v) is 8.72. The molecule has 4 aliphatic carbocycles. The van der Waals surface area contributed by atoms with Crippen LogP contribution in [0, 0.1) is 47.3 Å². The first-order chi connectivity index (χ1) is 12.8. The van der Waals surface area contributed by atoms with Gasteiger partial charge in [0.05, 0.1) is 0 Å². The lowest BCUT2D eigenvalue weighted by Gasteiger charge is -2.42. The van der Waals surface area contributed by atoms with E-state index in [1.807, 2.05) is 0 Å². The summed E-state index contributed by atoms with van der Waals surface area (Å²) in [4.78, 5) is 0. The lowest BCUT2D eigenvalue weighted by Crippen LogP contribution is -2.33. The highest BCUT2D eigenvalue weighted by Crippen LogP contribution is 2.55. The standard InChI is InChI=1S/C26H46/c1-3-9-19-14-15-22(23(19)4-2)18-21-11-6-8-13-25(21)26-17-16-20-10-5-7-12-24(20)26/h19-26H,3-18H2,1-2H3/t19?,20?,21?,22-,23?,24?,25?,26?/m1/s1. The Morgan fingerprint density at radius 1 is 0.577 bits per heavy atom. The lowest BCUT2D eigenvalue weighted by molar-refractivity contribution is 0.0807. The molecule has 4 rings (SSSR count). The molecule has 0 amide bonds. The van der Waals surface area contributed by atoms with Crippen LogP contribution in [0.15, 0.2) is 0 Å². The van der Waals surface area contributed by atoms with Gasteiger partial charge < -0.3 is 0 Å². The summed E-state index contributed by atoms with van der Waals surface area (Å²) in [6, 6.07) is 0. The maximum absolute atomic E-state index is 2.49. The molecule has 0 radical (unpaired) electrons. The van der Waals surface area contributed by atoms with Crippen molar-refractivity contribution in [3.8, 4) is 0 Å². The number of rotatable bonds is 6. The van der Waals surface area contributed by atoms with Crippen molar-refractivity contribution in [3.63, 3.8) is 0 Å². The van der Waals surface area contributed by atoms with E-state index < -0.39 is 0 Å². The van der Waals surface area contributed by atoms with Crippen molar-refractivity contribution in [2.75, 3.05) is 0 Å². The summed E-state index contributed by atoms with van der Waals surface area (Å²) in [5.41, 5.74) is 0. The Morgan fingerprint density at radius 2 is 1.31 bits per heavy atom. The summed E-state index contributed by atoms with van der Waals surface area (Å²) < 4.78 is 0. The monoisotopic (exact) mass is 358 g/mol. The molecule has 0 aromatic heterocycles. The summed E-state index contributed by atoms with van der Waals surface area (Å²) in [6.07, 6.45) is 24.9. The molecule has 0 spiro atoms. The number of fused-ring (bicyclic) bond motifs is 1. The minimum atomic E-state index is 1.07. The van der Waals surface area contributed by atoms with Gasteiger partial charge in [-0.3, -0.25) is 0 Å². The van der Waals surface area contributed by atoms with E-state index in [2.05, 4.69) is 13.8 Å². The van der Waals surface area contributed by atoms with Crippen LogP contribution in [-0.2, 0) is 0 Å². The van der Waals surface area contributed by atoms with Gasteiger partial charge in [-0.2, -0.15) is 0 Å². The molecule has 150 valence electrons. The zero-order valence-electron chi connectivity index (χ0n) is 17.9. The summed E-state index contributed by atoms with van der Waals surface area (Å²) in [5.74, 6) is 8.89. The van der Waals surface area contributed by atoms with Crippen LogP contribution in [-0.4, -0.2) is 0 Å². The van der Waals surface area contributed by atoms with E-state index in [9.17, 15) is 0 Å². The second kappa shape index (κ2) is 9.00. The van der Waals surface area contributed by atoms with Gasteiger partial charge >= 0.3 is 0 Å². The molecule has 4 saturated carbocycles. The van der Waals surface area contributed by atoms with Gasteiger partial charge in [0, 0.05) is 0 Å². The van der Waals surface area contributed by atoms with E-state index in [0.717, 1.165) is 47.3 Å². The van der Waals surface area contributed by atoms with Gasteiger partial charge in [0.25, 0.3) is 0 Å². The summed E-state index contributed by atoms with van der Waals surface area (Å²) in [7, 11) is 0. The minimum Gasteiger partial charge on any atom is -0.0654 e. The van der Waals surface area contributed by atoms with Gasteiger partial charge in [-0.25, -0.2) is 0 Å². The van der Waals surface area contributed by atoms with E-state index in [4.69, 9.17) is 0 Å². The van der Waals surface area contributed by atoms with Gasteiger partial charge in [-0.1, -0.05) is 71.6 Å². The third-order valence-electron chi connectivity index (χ3n) is 9.76. The summed E-state index contributed by atoms with van der Waals surface area (Å²) in [5, 5.41) is 0. The second-order valence-corrected chi connectivity index (χ2v) is 10.9. The molecular weight excluding hydrogens is 312 g/mol. The van der Waals surface area contributed by atoms with Crippen molar-refractivity contribution < 1.29 is 0 Å². The molecule has 4 aliphatic rings. The molecule has 0 aromatic rings. The maximum Gasteiger partial charge on any atom is -0.0352 e. The van der Waals surface area contributed by atoms with E-state index in [-0.39, 0.29) is 0 Å². The van der Waals surface area contributed by atoms with E-state index in [0.29, 0.717) is 0 Å². The van der Waals surface area contributed by atoms with Crippen molar-refractivity contribution in [1.29, 1.82) is 0 Å². The molecule has 0 aliphatic heterocycles. The van der Waals surface area contributed by atoms with Gasteiger partial charge in [-0.05, 0) is 92.3 Å². The Bertz CT molecular complexity index is 426. The SMILES string of the molecule is CCCC1CC[C@H](CC2CCCCC2C2CCC3CCCCC32)C1CC. The second-order valence-electron chi connectivity index (χ2n) is 10.9. The Kier molecular flexibility index (Phi) is 6.69. The van der Waals surface area contributed by atoms with E-state index in [1.165, 1.54) is 19.3 Å². The van der Waals surface area contributed by atoms with Crippen molar-refractivity contribution in [2.45, 2.75) is 117 Å². The Morgan fingerprint density at radius 3 is 2.12 bits per heavy atom. The van der Waals surface area contributed by atoms with Crippen LogP contribution in [0.25, 0.3) is 0 Å². The lowest BCUT2D eigenvalue weighted by atomic mass is 9.64. The third-order valence-corrected chi connectivity index (χ3v) is 9.76. The smallest absolute Gasteiger partial charge is 0.0352 e. The largest absolute Gasteiger partial charge is 0.0654 e. The zero-order chi connectivity index (χ0) is 17.9. The zero-order valence-corrected chi connectivity index (χ0v) is 17.9. The van der Waals surface area contributed by atoms with Crippen LogP contribution >= 0.6 is 0 Å².